The molecule has 0 bridgehead atoms. The maximum absolute atomic E-state index is 9.98. The highest BCUT2D eigenvalue weighted by Gasteiger charge is 2.22. The van der Waals surface area contributed by atoms with Crippen LogP contribution in [0.4, 0.5) is 0 Å². The number of nitrogens with zero attached hydrogens (tertiary/aromatic N) is 4. The van der Waals surface area contributed by atoms with Gasteiger partial charge >= 0.3 is 0 Å². The van der Waals surface area contributed by atoms with E-state index >= 15 is 0 Å². The number of benzene rings is 6. The van der Waals surface area contributed by atoms with E-state index in [1.807, 2.05) is 18.2 Å². The summed E-state index contributed by atoms with van der Waals surface area (Å²) in [6.07, 6.45) is 0. The molecule has 0 N–H and O–H groups in total. The average molecular weight is 535 g/mol. The molecule has 194 valence electrons. The van der Waals surface area contributed by atoms with Gasteiger partial charge in [0.2, 0.25) is 0 Å². The largest absolute Gasteiger partial charge is 0.309 e. The fourth-order valence-corrected chi connectivity index (χ4v) is 6.46. The van der Waals surface area contributed by atoms with Crippen molar-refractivity contribution in [2.45, 2.75) is 0 Å². The normalized spacial score (nSPS) is 11.3. The molecular formula is C38H22N4. The molecular weight excluding hydrogens is 512 g/mol. The van der Waals surface area contributed by atoms with Gasteiger partial charge in [0.1, 0.15) is 12.1 Å². The lowest BCUT2D eigenvalue weighted by molar-refractivity contribution is 1.17. The smallest absolute Gasteiger partial charge is 0.101 e. The van der Waals surface area contributed by atoms with Crippen molar-refractivity contribution in [3.63, 3.8) is 0 Å². The molecule has 42 heavy (non-hydrogen) atoms. The van der Waals surface area contributed by atoms with Gasteiger partial charge in [-0.15, -0.1) is 0 Å². The molecule has 0 amide bonds. The Hall–Kier alpha value is -6.10. The van der Waals surface area contributed by atoms with Gasteiger partial charge in [0.25, 0.3) is 0 Å². The summed E-state index contributed by atoms with van der Waals surface area (Å²) in [5.41, 5.74) is 9.15. The van der Waals surface area contributed by atoms with Gasteiger partial charge in [0, 0.05) is 32.8 Å². The Balaban J connectivity index is 1.60. The minimum atomic E-state index is 0.368. The SMILES string of the molecule is N#Cc1ccc(-c2c(-n3c4ccccc4c4ccccc43)ccc3c2c2ccccc2n3-c2ccccc2)cc1C#N. The van der Waals surface area contributed by atoms with E-state index in [1.165, 1.54) is 10.8 Å². The summed E-state index contributed by atoms with van der Waals surface area (Å²) in [6.45, 7) is 0. The zero-order valence-electron chi connectivity index (χ0n) is 22.5. The van der Waals surface area contributed by atoms with Crippen LogP contribution in [0, 0.1) is 22.7 Å². The van der Waals surface area contributed by atoms with Gasteiger partial charge in [-0.25, -0.2) is 0 Å². The van der Waals surface area contributed by atoms with Crippen LogP contribution in [0.1, 0.15) is 11.1 Å². The molecule has 0 spiro atoms. The lowest BCUT2D eigenvalue weighted by Gasteiger charge is -2.17. The molecule has 0 saturated carbocycles. The molecule has 0 atom stereocenters. The second-order valence-corrected chi connectivity index (χ2v) is 10.4. The monoisotopic (exact) mass is 534 g/mol. The highest BCUT2D eigenvalue weighted by Crippen LogP contribution is 2.44. The number of aromatic nitrogens is 2. The highest BCUT2D eigenvalue weighted by atomic mass is 15.0. The Labute approximate surface area is 242 Å². The predicted octanol–water partition coefficient (Wildman–Crippen LogP) is 9.29. The van der Waals surface area contributed by atoms with Crippen molar-refractivity contribution in [3.05, 3.63) is 145 Å². The van der Waals surface area contributed by atoms with Crippen LogP contribution in [-0.2, 0) is 0 Å². The van der Waals surface area contributed by atoms with Gasteiger partial charge in [-0.2, -0.15) is 10.5 Å². The van der Waals surface area contributed by atoms with Crippen LogP contribution in [0.5, 0.6) is 0 Å². The molecule has 4 nitrogen and oxygen atoms in total. The molecule has 6 aromatic carbocycles. The zero-order chi connectivity index (χ0) is 28.2. The average Bonchev–Trinajstić information content (AvgIpc) is 3.57. The van der Waals surface area contributed by atoms with E-state index in [9.17, 15) is 10.5 Å². The zero-order valence-corrected chi connectivity index (χ0v) is 22.5. The maximum atomic E-state index is 9.98. The minimum Gasteiger partial charge on any atom is -0.309 e. The van der Waals surface area contributed by atoms with Crippen molar-refractivity contribution < 1.29 is 0 Å². The molecule has 0 saturated heterocycles. The summed E-state index contributed by atoms with van der Waals surface area (Å²) in [7, 11) is 0. The Morgan fingerprint density at radius 2 is 1.02 bits per heavy atom. The summed E-state index contributed by atoms with van der Waals surface area (Å²) >= 11 is 0. The Bertz CT molecular complexity index is 2380. The summed E-state index contributed by atoms with van der Waals surface area (Å²) in [6, 6.07) is 50.3. The first-order valence-corrected chi connectivity index (χ1v) is 13.8. The number of nitriles is 2. The summed E-state index contributed by atoms with van der Waals surface area (Å²) in [4.78, 5) is 0. The quantitative estimate of drug-likeness (QED) is 0.227. The van der Waals surface area contributed by atoms with Crippen LogP contribution >= 0.6 is 0 Å². The second kappa shape index (κ2) is 9.24. The van der Waals surface area contributed by atoms with Crippen molar-refractivity contribution in [1.82, 2.24) is 9.13 Å². The third-order valence-corrected chi connectivity index (χ3v) is 8.20. The summed E-state index contributed by atoms with van der Waals surface area (Å²) in [5.74, 6) is 0. The van der Waals surface area contributed by atoms with Crippen LogP contribution < -0.4 is 0 Å². The fraction of sp³-hybridized carbons (Fsp3) is 0. The van der Waals surface area contributed by atoms with E-state index in [-0.39, 0.29) is 0 Å². The highest BCUT2D eigenvalue weighted by molar-refractivity contribution is 6.19. The molecule has 0 aliphatic heterocycles. The Kier molecular flexibility index (Phi) is 5.22. The first kappa shape index (κ1) is 23.8. The molecule has 8 rings (SSSR count). The van der Waals surface area contributed by atoms with E-state index in [0.717, 1.165) is 55.3 Å². The predicted molar refractivity (Wildman–Crippen MR) is 170 cm³/mol. The van der Waals surface area contributed by atoms with Crippen molar-refractivity contribution in [3.8, 4) is 34.6 Å². The standard InChI is InChI=1S/C38H22N4/c39-23-26-19-18-25(22-27(26)24-40)37-35(42-32-15-7-4-12-29(32)30-13-5-8-16-33(30)42)20-21-36-38(37)31-14-6-9-17-34(31)41(36)28-10-2-1-3-11-28/h1-22H. The van der Waals surface area contributed by atoms with Crippen LogP contribution in [-0.4, -0.2) is 9.13 Å². The van der Waals surface area contributed by atoms with Crippen LogP contribution in [0.3, 0.4) is 0 Å². The molecule has 4 heteroatoms. The number of rotatable bonds is 3. The number of fused-ring (bicyclic) bond motifs is 6. The van der Waals surface area contributed by atoms with Crippen molar-refractivity contribution in [2.24, 2.45) is 0 Å². The topological polar surface area (TPSA) is 57.4 Å². The van der Waals surface area contributed by atoms with Gasteiger partial charge in [-0.1, -0.05) is 78.9 Å². The third kappa shape index (κ3) is 3.33. The van der Waals surface area contributed by atoms with Gasteiger partial charge in [-0.3, -0.25) is 0 Å². The molecule has 2 aromatic heterocycles. The van der Waals surface area contributed by atoms with E-state index in [4.69, 9.17) is 0 Å². The molecule has 2 heterocycles. The Morgan fingerprint density at radius 1 is 0.452 bits per heavy atom. The van der Waals surface area contributed by atoms with Crippen LogP contribution in [0.2, 0.25) is 0 Å². The van der Waals surface area contributed by atoms with Crippen LogP contribution in [0.25, 0.3) is 66.1 Å². The first-order chi connectivity index (χ1) is 20.8. The lowest BCUT2D eigenvalue weighted by Crippen LogP contribution is -1.99. The molecule has 8 aromatic rings. The van der Waals surface area contributed by atoms with Gasteiger partial charge in [0.05, 0.1) is 38.9 Å². The fourth-order valence-electron chi connectivity index (χ4n) is 6.46. The van der Waals surface area contributed by atoms with Crippen LogP contribution in [0.15, 0.2) is 133 Å². The minimum absolute atomic E-state index is 0.368. The third-order valence-electron chi connectivity index (χ3n) is 8.20. The molecule has 0 aliphatic carbocycles. The van der Waals surface area contributed by atoms with Crippen molar-refractivity contribution in [2.75, 3.05) is 0 Å². The molecule has 0 aliphatic rings. The summed E-state index contributed by atoms with van der Waals surface area (Å²) in [5, 5.41) is 24.3. The molecule has 0 fully saturated rings. The number of hydrogen-bond donors (Lipinski definition) is 0. The van der Waals surface area contributed by atoms with Crippen molar-refractivity contribution in [1.29, 1.82) is 10.5 Å². The first-order valence-electron chi connectivity index (χ1n) is 13.8. The molecule has 0 radical (unpaired) electrons. The molecule has 0 unspecified atom stereocenters. The Morgan fingerprint density at radius 3 is 1.67 bits per heavy atom. The van der Waals surface area contributed by atoms with Gasteiger partial charge in [0.15, 0.2) is 0 Å². The van der Waals surface area contributed by atoms with Gasteiger partial charge < -0.3 is 9.13 Å². The van der Waals surface area contributed by atoms with E-state index in [2.05, 4.69) is 130 Å². The number of para-hydroxylation sites is 4. The van der Waals surface area contributed by atoms with Crippen molar-refractivity contribution >= 4 is 43.6 Å². The second-order valence-electron chi connectivity index (χ2n) is 10.4. The van der Waals surface area contributed by atoms with E-state index in [0.29, 0.717) is 11.1 Å². The lowest BCUT2D eigenvalue weighted by atomic mass is 9.94. The maximum Gasteiger partial charge on any atom is 0.101 e. The number of hydrogen-bond acceptors (Lipinski definition) is 2. The summed E-state index contributed by atoms with van der Waals surface area (Å²) < 4.78 is 4.64. The van der Waals surface area contributed by atoms with E-state index in [1.54, 1.807) is 6.07 Å². The van der Waals surface area contributed by atoms with E-state index < -0.39 is 0 Å². The van der Waals surface area contributed by atoms with Gasteiger partial charge in [-0.05, 0) is 60.2 Å².